The lowest BCUT2D eigenvalue weighted by Gasteiger charge is -2.21. The molecule has 2 atom stereocenters. The van der Waals surface area contributed by atoms with Gasteiger partial charge in [0.15, 0.2) is 5.96 Å². The van der Waals surface area contributed by atoms with Crippen LogP contribution in [0.4, 0.5) is 5.69 Å². The normalized spacial score (nSPS) is 18.8. The van der Waals surface area contributed by atoms with E-state index >= 15 is 0 Å². The third kappa shape index (κ3) is 7.97. The molecule has 27 heavy (non-hydrogen) atoms. The van der Waals surface area contributed by atoms with Crippen molar-refractivity contribution in [2.45, 2.75) is 51.8 Å². The summed E-state index contributed by atoms with van der Waals surface area (Å²) in [6.07, 6.45) is 1.09. The molecule has 0 spiro atoms. The van der Waals surface area contributed by atoms with Crippen LogP contribution in [0, 0.1) is 6.92 Å². The minimum atomic E-state index is -0.865. The van der Waals surface area contributed by atoms with Crippen molar-refractivity contribution in [1.29, 1.82) is 0 Å². The van der Waals surface area contributed by atoms with Crippen LogP contribution in [0.3, 0.4) is 0 Å². The number of hydrogen-bond acceptors (Lipinski definition) is 3. The highest BCUT2D eigenvalue weighted by Gasteiger charge is 2.23. The van der Waals surface area contributed by atoms with Crippen LogP contribution in [0.1, 0.15) is 39.7 Å². The predicted molar refractivity (Wildman–Crippen MR) is 129 cm³/mol. The molecule has 1 fully saturated rings. The molecule has 1 heterocycles. The first-order chi connectivity index (χ1) is 12.3. The Balaban J connectivity index is 0.00000364. The van der Waals surface area contributed by atoms with E-state index in [-0.39, 0.29) is 28.7 Å². The Bertz CT molecular complexity index is 628. The number of anilines is 1. The van der Waals surface area contributed by atoms with E-state index in [0.29, 0.717) is 18.3 Å². The van der Waals surface area contributed by atoms with Crippen molar-refractivity contribution >= 4 is 46.4 Å². The van der Waals surface area contributed by atoms with Gasteiger partial charge in [0.1, 0.15) is 0 Å². The molecule has 1 aromatic rings. The monoisotopic (exact) mass is 506 g/mol. The molecule has 2 rings (SSSR count). The molecule has 2 unspecified atom stereocenters. The first-order valence-electron chi connectivity index (χ1n) is 9.54. The summed E-state index contributed by atoms with van der Waals surface area (Å²) in [6, 6.07) is 9.09. The van der Waals surface area contributed by atoms with Crippen LogP contribution in [-0.2, 0) is 10.8 Å². The van der Waals surface area contributed by atoms with Crippen molar-refractivity contribution in [3.8, 4) is 0 Å². The van der Waals surface area contributed by atoms with Gasteiger partial charge in [-0.2, -0.15) is 0 Å². The standard InChI is InChI=1S/C20H34N4OS.HI/c1-6-21-19(22-12-14-26(25)20(3,4)5)23-17-11-13-24(15-17)18-9-7-16(2)8-10-18;/h7-10,17H,6,11-15H2,1-5H3,(H2,21,22,23);1H. The van der Waals surface area contributed by atoms with E-state index in [0.717, 1.165) is 32.0 Å². The molecule has 1 aromatic carbocycles. The highest BCUT2D eigenvalue weighted by molar-refractivity contribution is 14.0. The molecular formula is C20H35IN4OS. The summed E-state index contributed by atoms with van der Waals surface area (Å²) in [5, 5.41) is 6.84. The Morgan fingerprint density at radius 2 is 1.96 bits per heavy atom. The summed E-state index contributed by atoms with van der Waals surface area (Å²) in [4.78, 5) is 7.03. The zero-order valence-corrected chi connectivity index (χ0v) is 20.4. The van der Waals surface area contributed by atoms with Crippen LogP contribution in [0.2, 0.25) is 0 Å². The topological polar surface area (TPSA) is 56.7 Å². The second kappa shape index (κ2) is 11.2. The maximum Gasteiger partial charge on any atom is 0.191 e. The molecule has 0 amide bonds. The number of benzene rings is 1. The summed E-state index contributed by atoms with van der Waals surface area (Å²) in [5.41, 5.74) is 2.57. The number of guanidine groups is 1. The molecule has 154 valence electrons. The van der Waals surface area contributed by atoms with Gasteiger partial charge >= 0.3 is 0 Å². The lowest BCUT2D eigenvalue weighted by molar-refractivity contribution is 0.644. The molecule has 1 aliphatic rings. The number of nitrogens with one attached hydrogen (secondary N) is 2. The summed E-state index contributed by atoms with van der Waals surface area (Å²) in [7, 11) is -0.865. The zero-order valence-electron chi connectivity index (χ0n) is 17.2. The van der Waals surface area contributed by atoms with E-state index in [2.05, 4.69) is 58.6 Å². The van der Waals surface area contributed by atoms with Crippen LogP contribution in [0.15, 0.2) is 29.3 Å². The minimum absolute atomic E-state index is 0. The number of aryl methyl sites for hydroxylation is 1. The van der Waals surface area contributed by atoms with Gasteiger partial charge in [0.25, 0.3) is 0 Å². The fraction of sp³-hybridized carbons (Fsp3) is 0.650. The first kappa shape index (κ1) is 24.2. The Kier molecular flexibility index (Phi) is 10.1. The van der Waals surface area contributed by atoms with Crippen molar-refractivity contribution < 1.29 is 4.21 Å². The smallest absolute Gasteiger partial charge is 0.191 e. The lowest BCUT2D eigenvalue weighted by atomic mass is 10.2. The molecule has 1 saturated heterocycles. The van der Waals surface area contributed by atoms with Crippen molar-refractivity contribution in [2.75, 3.05) is 36.8 Å². The number of rotatable bonds is 6. The Morgan fingerprint density at radius 3 is 2.56 bits per heavy atom. The third-order valence-electron chi connectivity index (χ3n) is 4.50. The second-order valence-electron chi connectivity index (χ2n) is 7.83. The van der Waals surface area contributed by atoms with Crippen molar-refractivity contribution in [2.24, 2.45) is 4.99 Å². The van der Waals surface area contributed by atoms with Crippen molar-refractivity contribution in [3.63, 3.8) is 0 Å². The highest BCUT2D eigenvalue weighted by Crippen LogP contribution is 2.20. The van der Waals surface area contributed by atoms with Crippen LogP contribution >= 0.6 is 24.0 Å². The molecule has 7 heteroatoms. The summed E-state index contributed by atoms with van der Waals surface area (Å²) in [5.74, 6) is 1.43. The van der Waals surface area contributed by atoms with E-state index < -0.39 is 10.8 Å². The molecule has 0 radical (unpaired) electrons. The van der Waals surface area contributed by atoms with Gasteiger partial charge in [-0.1, -0.05) is 17.7 Å². The number of aliphatic imine (C=N–C) groups is 1. The van der Waals surface area contributed by atoms with Gasteiger partial charge in [0.05, 0.1) is 6.54 Å². The van der Waals surface area contributed by atoms with Gasteiger partial charge in [-0.15, -0.1) is 24.0 Å². The molecule has 1 aliphatic heterocycles. The van der Waals surface area contributed by atoms with E-state index in [4.69, 9.17) is 0 Å². The average Bonchev–Trinajstić information content (AvgIpc) is 3.03. The first-order valence-corrected chi connectivity index (χ1v) is 10.9. The van der Waals surface area contributed by atoms with Crippen LogP contribution < -0.4 is 15.5 Å². The molecule has 0 aromatic heterocycles. The van der Waals surface area contributed by atoms with E-state index in [9.17, 15) is 4.21 Å². The second-order valence-corrected chi connectivity index (χ2v) is 10.2. The number of halogens is 1. The van der Waals surface area contributed by atoms with E-state index in [1.807, 2.05) is 20.8 Å². The van der Waals surface area contributed by atoms with Gasteiger partial charge < -0.3 is 15.5 Å². The summed E-state index contributed by atoms with van der Waals surface area (Å²) < 4.78 is 12.0. The zero-order chi connectivity index (χ0) is 19.2. The lowest BCUT2D eigenvalue weighted by Crippen LogP contribution is -2.44. The summed E-state index contributed by atoms with van der Waals surface area (Å²) in [6.45, 7) is 13.6. The van der Waals surface area contributed by atoms with E-state index in [1.165, 1.54) is 11.3 Å². The summed E-state index contributed by atoms with van der Waals surface area (Å²) >= 11 is 0. The molecule has 0 saturated carbocycles. The van der Waals surface area contributed by atoms with Gasteiger partial charge in [-0.3, -0.25) is 9.20 Å². The predicted octanol–water partition coefficient (Wildman–Crippen LogP) is 3.29. The number of hydrogen-bond donors (Lipinski definition) is 2. The SMILES string of the molecule is CCNC(=NCCS(=O)C(C)(C)C)NC1CCN(c2ccc(C)cc2)C1.I. The maximum atomic E-state index is 12.2. The van der Waals surface area contributed by atoms with Crippen LogP contribution in [0.5, 0.6) is 0 Å². The molecule has 0 aliphatic carbocycles. The Labute approximate surface area is 184 Å². The Morgan fingerprint density at radius 1 is 1.30 bits per heavy atom. The fourth-order valence-electron chi connectivity index (χ4n) is 2.93. The molecular weight excluding hydrogens is 471 g/mol. The third-order valence-corrected chi connectivity index (χ3v) is 6.42. The fourth-order valence-corrected chi connectivity index (χ4v) is 3.80. The molecule has 0 bridgehead atoms. The minimum Gasteiger partial charge on any atom is -0.369 e. The maximum absolute atomic E-state index is 12.2. The Hall–Kier alpha value is -0.830. The van der Waals surface area contributed by atoms with Crippen LogP contribution in [0.25, 0.3) is 0 Å². The molecule has 5 nitrogen and oxygen atoms in total. The average molecular weight is 506 g/mol. The highest BCUT2D eigenvalue weighted by atomic mass is 127. The quantitative estimate of drug-likeness (QED) is 0.353. The van der Waals surface area contributed by atoms with Gasteiger partial charge in [0, 0.05) is 52.7 Å². The van der Waals surface area contributed by atoms with Crippen molar-refractivity contribution in [1.82, 2.24) is 10.6 Å². The van der Waals surface area contributed by atoms with Crippen LogP contribution in [-0.4, -0.2) is 52.9 Å². The van der Waals surface area contributed by atoms with Crippen molar-refractivity contribution in [3.05, 3.63) is 29.8 Å². The van der Waals surface area contributed by atoms with Gasteiger partial charge in [0.2, 0.25) is 0 Å². The van der Waals surface area contributed by atoms with Gasteiger partial charge in [-0.05, 0) is 53.2 Å². The largest absolute Gasteiger partial charge is 0.369 e. The van der Waals surface area contributed by atoms with Gasteiger partial charge in [-0.25, -0.2) is 0 Å². The number of nitrogens with zero attached hydrogens (tertiary/aromatic N) is 2. The molecule has 2 N–H and O–H groups in total. The van der Waals surface area contributed by atoms with E-state index in [1.54, 1.807) is 0 Å².